The molecular weight excluding hydrogens is 190 g/mol. The van der Waals surface area contributed by atoms with Gasteiger partial charge >= 0.3 is 5.97 Å². The summed E-state index contributed by atoms with van der Waals surface area (Å²) >= 11 is 1.24. The molecule has 0 saturated heterocycles. The topological polar surface area (TPSA) is 80.4 Å². The molecular formula is C8H13NO3S. The number of aliphatic carboxylic acids is 1. The number of thioether (sulfide) groups is 1. The number of nitrogens with two attached hydrogens (primary N) is 1. The Morgan fingerprint density at radius 3 is 2.54 bits per heavy atom. The molecule has 0 radical (unpaired) electrons. The maximum absolute atomic E-state index is 10.7. The number of carboxylic acid groups (broad SMARTS) is 1. The summed E-state index contributed by atoms with van der Waals surface area (Å²) in [6.07, 6.45) is 0.340. The molecule has 0 aromatic rings. The highest BCUT2D eigenvalue weighted by atomic mass is 32.2. The van der Waals surface area contributed by atoms with Gasteiger partial charge in [-0.3, -0.25) is 9.59 Å². The van der Waals surface area contributed by atoms with Crippen molar-refractivity contribution in [1.29, 1.82) is 0 Å². The first-order valence-corrected chi connectivity index (χ1v) is 4.74. The van der Waals surface area contributed by atoms with Gasteiger partial charge in [0, 0.05) is 10.7 Å². The maximum Gasteiger partial charge on any atom is 0.320 e. The van der Waals surface area contributed by atoms with Crippen LogP contribution in [0, 0.1) is 0 Å². The first-order chi connectivity index (χ1) is 5.95. The minimum absolute atomic E-state index is 0.0890. The number of allylic oxidation sites excluding steroid dienone is 1. The predicted octanol–water partition coefficient (Wildman–Crippen LogP) is 0.624. The van der Waals surface area contributed by atoms with Crippen molar-refractivity contribution in [1.82, 2.24) is 0 Å². The van der Waals surface area contributed by atoms with Gasteiger partial charge in [0.2, 0.25) is 0 Å². The molecule has 4 nitrogen and oxygen atoms in total. The Kier molecular flexibility index (Phi) is 5.41. The highest BCUT2D eigenvalue weighted by molar-refractivity contribution is 8.03. The Bertz CT molecular complexity index is 227. The molecule has 5 heteroatoms. The fraction of sp³-hybridized carbons (Fsp3) is 0.500. The standard InChI is InChI=1S/C8H13NO3S/c1-5(10)6(2)13-4-3-7(9)8(11)12/h7H,2-4,9H2,1H3,(H,11,12). The Labute approximate surface area is 81.2 Å². The third-order valence-electron chi connectivity index (χ3n) is 1.42. The van der Waals surface area contributed by atoms with Crippen LogP contribution in [0.1, 0.15) is 13.3 Å². The number of hydrogen-bond donors (Lipinski definition) is 2. The number of hydrogen-bond acceptors (Lipinski definition) is 4. The molecule has 0 aliphatic rings. The molecule has 0 fully saturated rings. The molecule has 74 valence electrons. The van der Waals surface area contributed by atoms with E-state index in [2.05, 4.69) is 6.58 Å². The Balaban J connectivity index is 3.62. The number of carbonyl (C=O) groups is 2. The van der Waals surface area contributed by atoms with Crippen LogP contribution in [0.25, 0.3) is 0 Å². The normalized spacial score (nSPS) is 12.2. The zero-order chi connectivity index (χ0) is 10.4. The maximum atomic E-state index is 10.7. The summed E-state index contributed by atoms with van der Waals surface area (Å²) in [6.45, 7) is 4.94. The van der Waals surface area contributed by atoms with Crippen molar-refractivity contribution < 1.29 is 14.7 Å². The SMILES string of the molecule is C=C(SCCC(N)C(=O)O)C(C)=O. The summed E-state index contributed by atoms with van der Waals surface area (Å²) in [5.41, 5.74) is 5.25. The zero-order valence-electron chi connectivity index (χ0n) is 7.45. The minimum atomic E-state index is -1.02. The first-order valence-electron chi connectivity index (χ1n) is 3.76. The van der Waals surface area contributed by atoms with Gasteiger partial charge < -0.3 is 10.8 Å². The average Bonchev–Trinajstić information content (AvgIpc) is 2.03. The van der Waals surface area contributed by atoms with Crippen molar-refractivity contribution in [2.45, 2.75) is 19.4 Å². The lowest BCUT2D eigenvalue weighted by molar-refractivity contribution is -0.138. The van der Waals surface area contributed by atoms with Crippen molar-refractivity contribution >= 4 is 23.5 Å². The van der Waals surface area contributed by atoms with E-state index in [0.717, 1.165) is 0 Å². The smallest absolute Gasteiger partial charge is 0.320 e. The number of carboxylic acids is 1. The Morgan fingerprint density at radius 2 is 2.15 bits per heavy atom. The van der Waals surface area contributed by atoms with E-state index in [4.69, 9.17) is 10.8 Å². The van der Waals surface area contributed by atoms with E-state index >= 15 is 0 Å². The third kappa shape index (κ3) is 5.43. The molecule has 13 heavy (non-hydrogen) atoms. The largest absolute Gasteiger partial charge is 0.480 e. The number of Topliss-reactive ketones (excluding diaryl/α,β-unsaturated/α-hetero) is 1. The summed E-state index contributed by atoms with van der Waals surface area (Å²) in [5, 5.41) is 8.43. The lowest BCUT2D eigenvalue weighted by atomic mass is 10.2. The molecule has 3 N–H and O–H groups in total. The van der Waals surface area contributed by atoms with Gasteiger partial charge in [-0.25, -0.2) is 0 Å². The van der Waals surface area contributed by atoms with Crippen LogP contribution < -0.4 is 5.73 Å². The van der Waals surface area contributed by atoms with Crippen molar-refractivity contribution in [3.05, 3.63) is 11.5 Å². The predicted molar refractivity (Wildman–Crippen MR) is 52.5 cm³/mol. The van der Waals surface area contributed by atoms with Crippen LogP contribution >= 0.6 is 11.8 Å². The minimum Gasteiger partial charge on any atom is -0.480 e. The van der Waals surface area contributed by atoms with Crippen LogP contribution in [0.5, 0.6) is 0 Å². The number of rotatable bonds is 6. The fourth-order valence-corrected chi connectivity index (χ4v) is 1.36. The van der Waals surface area contributed by atoms with Gasteiger partial charge in [-0.2, -0.15) is 0 Å². The van der Waals surface area contributed by atoms with Gasteiger partial charge in [-0.05, 0) is 13.3 Å². The van der Waals surface area contributed by atoms with E-state index in [1.165, 1.54) is 18.7 Å². The van der Waals surface area contributed by atoms with Gasteiger partial charge in [-0.1, -0.05) is 6.58 Å². The summed E-state index contributed by atoms with van der Waals surface area (Å²) in [4.78, 5) is 21.4. The summed E-state index contributed by atoms with van der Waals surface area (Å²) < 4.78 is 0. The molecule has 0 aromatic carbocycles. The molecule has 0 aromatic heterocycles. The molecule has 0 rings (SSSR count). The molecule has 0 heterocycles. The van der Waals surface area contributed by atoms with Crippen molar-refractivity contribution in [3.8, 4) is 0 Å². The zero-order valence-corrected chi connectivity index (χ0v) is 8.26. The lowest BCUT2D eigenvalue weighted by Crippen LogP contribution is -2.30. The average molecular weight is 203 g/mol. The summed E-state index contributed by atoms with van der Waals surface area (Å²) in [5.74, 6) is -0.603. The molecule has 0 bridgehead atoms. The van der Waals surface area contributed by atoms with E-state index in [0.29, 0.717) is 17.1 Å². The van der Waals surface area contributed by atoms with E-state index in [-0.39, 0.29) is 5.78 Å². The highest BCUT2D eigenvalue weighted by Gasteiger charge is 2.11. The highest BCUT2D eigenvalue weighted by Crippen LogP contribution is 2.15. The quantitative estimate of drug-likeness (QED) is 0.619. The van der Waals surface area contributed by atoms with Gasteiger partial charge in [0.15, 0.2) is 5.78 Å². The summed E-state index contributed by atoms with van der Waals surface area (Å²) in [6, 6.07) is -0.854. The van der Waals surface area contributed by atoms with Crippen LogP contribution in [0.15, 0.2) is 11.5 Å². The molecule has 0 aliphatic carbocycles. The van der Waals surface area contributed by atoms with Gasteiger partial charge in [0.25, 0.3) is 0 Å². The van der Waals surface area contributed by atoms with Crippen molar-refractivity contribution in [3.63, 3.8) is 0 Å². The molecule has 0 aliphatic heterocycles. The monoisotopic (exact) mass is 203 g/mol. The Morgan fingerprint density at radius 1 is 1.62 bits per heavy atom. The Hall–Kier alpha value is -0.810. The summed E-state index contributed by atoms with van der Waals surface area (Å²) in [7, 11) is 0. The molecule has 1 atom stereocenters. The van der Waals surface area contributed by atoms with Crippen molar-refractivity contribution in [2.75, 3.05) is 5.75 Å². The van der Waals surface area contributed by atoms with Crippen molar-refractivity contribution in [2.24, 2.45) is 5.73 Å². The second kappa shape index (κ2) is 5.77. The molecule has 0 spiro atoms. The van der Waals surface area contributed by atoms with E-state index in [1.54, 1.807) is 0 Å². The molecule has 0 saturated carbocycles. The van der Waals surface area contributed by atoms with E-state index < -0.39 is 12.0 Å². The van der Waals surface area contributed by atoms with Gasteiger partial charge in [0.05, 0.1) is 0 Å². The van der Waals surface area contributed by atoms with Crippen LogP contribution in [0.3, 0.4) is 0 Å². The second-order valence-corrected chi connectivity index (χ2v) is 3.75. The van der Waals surface area contributed by atoms with Crippen LogP contribution in [-0.4, -0.2) is 28.7 Å². The number of ketones is 1. The van der Waals surface area contributed by atoms with E-state index in [9.17, 15) is 9.59 Å². The second-order valence-electron chi connectivity index (χ2n) is 2.56. The van der Waals surface area contributed by atoms with Crippen LogP contribution in [0.4, 0.5) is 0 Å². The lowest BCUT2D eigenvalue weighted by Gasteiger charge is -2.05. The molecule has 1 unspecified atom stereocenters. The van der Waals surface area contributed by atoms with Crippen LogP contribution in [0.2, 0.25) is 0 Å². The first kappa shape index (κ1) is 12.2. The van der Waals surface area contributed by atoms with Crippen LogP contribution in [-0.2, 0) is 9.59 Å². The number of carbonyl (C=O) groups excluding carboxylic acids is 1. The van der Waals surface area contributed by atoms with Gasteiger partial charge in [-0.15, -0.1) is 11.8 Å². The fourth-order valence-electron chi connectivity index (χ4n) is 0.534. The van der Waals surface area contributed by atoms with Gasteiger partial charge in [0.1, 0.15) is 6.04 Å². The van der Waals surface area contributed by atoms with E-state index in [1.807, 2.05) is 0 Å². The molecule has 0 amide bonds. The third-order valence-corrected chi connectivity index (χ3v) is 2.49.